The monoisotopic (exact) mass is 431 g/mol. The van der Waals surface area contributed by atoms with Crippen molar-refractivity contribution in [1.82, 2.24) is 15.3 Å². The van der Waals surface area contributed by atoms with Crippen molar-refractivity contribution in [2.45, 2.75) is 37.8 Å². The van der Waals surface area contributed by atoms with E-state index in [4.69, 9.17) is 4.74 Å². The number of nitrogens with zero attached hydrogens (tertiary/aromatic N) is 3. The summed E-state index contributed by atoms with van der Waals surface area (Å²) in [5.74, 6) is 2.69. The van der Waals surface area contributed by atoms with E-state index in [1.165, 1.54) is 0 Å². The number of carbonyl (C=O) groups is 1. The zero-order chi connectivity index (χ0) is 22.3. The number of anilines is 2. The fourth-order valence-electron chi connectivity index (χ4n) is 3.85. The average Bonchev–Trinajstić information content (AvgIpc) is 2.81. The molecular weight excluding hydrogens is 402 g/mol. The van der Waals surface area contributed by atoms with Gasteiger partial charge in [0.05, 0.1) is 5.56 Å². The molecule has 4 rings (SSSR count). The number of hydrogen-bond acceptors (Lipinski definition) is 6. The van der Waals surface area contributed by atoms with Gasteiger partial charge in [0.15, 0.2) is 0 Å². The van der Waals surface area contributed by atoms with Crippen molar-refractivity contribution in [2.75, 3.05) is 24.3 Å². The van der Waals surface area contributed by atoms with E-state index in [0.29, 0.717) is 29.1 Å². The van der Waals surface area contributed by atoms with E-state index >= 15 is 0 Å². The summed E-state index contributed by atoms with van der Waals surface area (Å²) >= 11 is 0. The standard InChI is InChI=1S/C25H29N5O2/c1-30(2)23-16-17-26-25(29-23)28-19-14-12-18(13-15-19)27-24(31)21-10-6-7-11-22(21)32-20-8-4-3-5-9-20/h3-11,16-19H,12-15H2,1-2H3,(H,27,31)(H,26,28,29)/t18-,19+. The molecule has 2 aromatic carbocycles. The minimum Gasteiger partial charge on any atom is -0.457 e. The molecule has 1 aromatic heterocycles. The van der Waals surface area contributed by atoms with Crippen LogP contribution in [0.25, 0.3) is 0 Å². The van der Waals surface area contributed by atoms with Crippen LogP contribution in [0.4, 0.5) is 11.8 Å². The molecule has 0 spiro atoms. The molecule has 166 valence electrons. The molecule has 1 saturated carbocycles. The predicted octanol–water partition coefficient (Wildman–Crippen LogP) is 4.49. The summed E-state index contributed by atoms with van der Waals surface area (Å²) in [5, 5.41) is 6.62. The van der Waals surface area contributed by atoms with Crippen LogP contribution in [0.5, 0.6) is 11.5 Å². The molecular formula is C25H29N5O2. The maximum absolute atomic E-state index is 13.0. The van der Waals surface area contributed by atoms with Gasteiger partial charge in [0.1, 0.15) is 17.3 Å². The fourth-order valence-corrected chi connectivity index (χ4v) is 3.85. The number of rotatable bonds is 7. The molecule has 0 bridgehead atoms. The summed E-state index contributed by atoms with van der Waals surface area (Å²) in [4.78, 5) is 23.8. The predicted molar refractivity (Wildman–Crippen MR) is 126 cm³/mol. The topological polar surface area (TPSA) is 79.4 Å². The van der Waals surface area contributed by atoms with Gasteiger partial charge in [-0.25, -0.2) is 4.98 Å². The van der Waals surface area contributed by atoms with Crippen LogP contribution in [-0.4, -0.2) is 42.1 Å². The van der Waals surface area contributed by atoms with E-state index in [9.17, 15) is 4.79 Å². The van der Waals surface area contributed by atoms with Crippen molar-refractivity contribution < 1.29 is 9.53 Å². The Labute approximate surface area is 188 Å². The number of carbonyl (C=O) groups excluding carboxylic acids is 1. The highest BCUT2D eigenvalue weighted by atomic mass is 16.5. The van der Waals surface area contributed by atoms with Gasteiger partial charge in [-0.2, -0.15) is 4.98 Å². The second-order valence-electron chi connectivity index (χ2n) is 8.21. The minimum atomic E-state index is -0.102. The summed E-state index contributed by atoms with van der Waals surface area (Å²) in [6.45, 7) is 0. The quantitative estimate of drug-likeness (QED) is 0.574. The molecule has 7 nitrogen and oxygen atoms in total. The highest BCUT2D eigenvalue weighted by Gasteiger charge is 2.24. The van der Waals surface area contributed by atoms with Crippen LogP contribution < -0.4 is 20.3 Å². The van der Waals surface area contributed by atoms with E-state index in [0.717, 1.165) is 31.5 Å². The Morgan fingerprint density at radius 3 is 2.38 bits per heavy atom. The van der Waals surface area contributed by atoms with Gasteiger partial charge >= 0.3 is 0 Å². The van der Waals surface area contributed by atoms with Crippen molar-refractivity contribution in [3.63, 3.8) is 0 Å². The Bertz CT molecular complexity index is 1030. The molecule has 2 N–H and O–H groups in total. The number of hydrogen-bond donors (Lipinski definition) is 2. The van der Waals surface area contributed by atoms with E-state index in [-0.39, 0.29) is 11.9 Å². The van der Waals surface area contributed by atoms with Gasteiger partial charge in [0.2, 0.25) is 5.95 Å². The van der Waals surface area contributed by atoms with Crippen LogP contribution in [0.2, 0.25) is 0 Å². The molecule has 7 heteroatoms. The van der Waals surface area contributed by atoms with Crippen molar-refractivity contribution in [2.24, 2.45) is 0 Å². The molecule has 1 fully saturated rings. The number of nitrogens with one attached hydrogen (secondary N) is 2. The minimum absolute atomic E-state index is 0.102. The lowest BCUT2D eigenvalue weighted by molar-refractivity contribution is 0.0924. The average molecular weight is 432 g/mol. The summed E-state index contributed by atoms with van der Waals surface area (Å²) < 4.78 is 5.94. The zero-order valence-electron chi connectivity index (χ0n) is 18.5. The van der Waals surface area contributed by atoms with Gasteiger partial charge in [-0.05, 0) is 56.0 Å². The lowest BCUT2D eigenvalue weighted by atomic mass is 9.91. The summed E-state index contributed by atoms with van der Waals surface area (Å²) in [6, 6.07) is 19.2. The first-order chi connectivity index (χ1) is 15.6. The SMILES string of the molecule is CN(C)c1ccnc(N[C@H]2CC[C@@H](NC(=O)c3ccccc3Oc3ccccc3)CC2)n1. The molecule has 0 saturated heterocycles. The van der Waals surface area contributed by atoms with Crippen LogP contribution in [0, 0.1) is 0 Å². The highest BCUT2D eigenvalue weighted by molar-refractivity contribution is 5.97. The van der Waals surface area contributed by atoms with Crippen LogP contribution in [0.15, 0.2) is 66.9 Å². The molecule has 1 aliphatic carbocycles. The Balaban J connectivity index is 1.32. The Morgan fingerprint density at radius 1 is 0.938 bits per heavy atom. The third kappa shape index (κ3) is 5.55. The third-order valence-corrected chi connectivity index (χ3v) is 5.60. The molecule has 0 radical (unpaired) electrons. The van der Waals surface area contributed by atoms with Crippen molar-refractivity contribution >= 4 is 17.7 Å². The van der Waals surface area contributed by atoms with Crippen LogP contribution in [0.1, 0.15) is 36.0 Å². The van der Waals surface area contributed by atoms with E-state index in [1.54, 1.807) is 12.3 Å². The van der Waals surface area contributed by atoms with Gasteiger partial charge in [0.25, 0.3) is 5.91 Å². The van der Waals surface area contributed by atoms with Crippen LogP contribution in [-0.2, 0) is 0 Å². The molecule has 1 heterocycles. The molecule has 3 aromatic rings. The van der Waals surface area contributed by atoms with Crippen molar-refractivity contribution in [1.29, 1.82) is 0 Å². The first kappa shape index (κ1) is 21.6. The Morgan fingerprint density at radius 2 is 1.62 bits per heavy atom. The van der Waals surface area contributed by atoms with Crippen LogP contribution >= 0.6 is 0 Å². The molecule has 0 aliphatic heterocycles. The molecule has 0 unspecified atom stereocenters. The normalized spacial score (nSPS) is 17.9. The van der Waals surface area contributed by atoms with E-state index < -0.39 is 0 Å². The van der Waals surface area contributed by atoms with Gasteiger partial charge in [-0.1, -0.05) is 30.3 Å². The van der Waals surface area contributed by atoms with Crippen molar-refractivity contribution in [3.8, 4) is 11.5 Å². The smallest absolute Gasteiger partial charge is 0.255 e. The fraction of sp³-hybridized carbons (Fsp3) is 0.320. The van der Waals surface area contributed by atoms with Gasteiger partial charge in [-0.3, -0.25) is 4.79 Å². The van der Waals surface area contributed by atoms with Crippen molar-refractivity contribution in [3.05, 3.63) is 72.4 Å². The Hall–Kier alpha value is -3.61. The molecule has 1 aliphatic rings. The maximum atomic E-state index is 13.0. The number of aromatic nitrogens is 2. The molecule has 1 amide bonds. The van der Waals surface area contributed by atoms with E-state index in [2.05, 4.69) is 20.6 Å². The van der Waals surface area contributed by atoms with Gasteiger partial charge in [0, 0.05) is 32.4 Å². The largest absolute Gasteiger partial charge is 0.457 e. The number of ether oxygens (including phenoxy) is 1. The summed E-state index contributed by atoms with van der Waals surface area (Å²) in [5.41, 5.74) is 0.547. The van der Waals surface area contributed by atoms with E-state index in [1.807, 2.05) is 73.6 Å². The maximum Gasteiger partial charge on any atom is 0.255 e. The highest BCUT2D eigenvalue weighted by Crippen LogP contribution is 2.26. The lowest BCUT2D eigenvalue weighted by Crippen LogP contribution is -2.40. The first-order valence-corrected chi connectivity index (χ1v) is 11.0. The lowest BCUT2D eigenvalue weighted by Gasteiger charge is -2.30. The molecule has 0 atom stereocenters. The summed E-state index contributed by atoms with van der Waals surface area (Å²) in [7, 11) is 3.92. The second kappa shape index (κ2) is 10.1. The number of para-hydroxylation sites is 2. The van der Waals surface area contributed by atoms with Crippen LogP contribution in [0.3, 0.4) is 0 Å². The Kier molecular flexibility index (Phi) is 6.84. The zero-order valence-corrected chi connectivity index (χ0v) is 18.5. The molecule has 32 heavy (non-hydrogen) atoms. The summed E-state index contributed by atoms with van der Waals surface area (Å²) in [6.07, 6.45) is 5.47. The number of amides is 1. The van der Waals surface area contributed by atoms with Gasteiger partial charge < -0.3 is 20.3 Å². The first-order valence-electron chi connectivity index (χ1n) is 11.0. The third-order valence-electron chi connectivity index (χ3n) is 5.60. The van der Waals surface area contributed by atoms with Gasteiger partial charge in [-0.15, -0.1) is 0 Å². The second-order valence-corrected chi connectivity index (χ2v) is 8.21. The number of benzene rings is 2.